The Balaban J connectivity index is 1.49. The van der Waals surface area contributed by atoms with Crippen LogP contribution in [0.5, 0.6) is 5.88 Å². The molecule has 1 aromatic heterocycles. The molecule has 1 saturated heterocycles. The van der Waals surface area contributed by atoms with Gasteiger partial charge in [-0.3, -0.25) is 14.6 Å². The van der Waals surface area contributed by atoms with Crippen molar-refractivity contribution in [1.29, 1.82) is 0 Å². The van der Waals surface area contributed by atoms with Crippen molar-refractivity contribution in [2.45, 2.75) is 52.7 Å². The van der Waals surface area contributed by atoms with Crippen LogP contribution in [0.15, 0.2) is 74.9 Å². The van der Waals surface area contributed by atoms with Gasteiger partial charge in [0, 0.05) is 33.7 Å². The first-order valence-corrected chi connectivity index (χ1v) is 14.5. The summed E-state index contributed by atoms with van der Waals surface area (Å²) in [6, 6.07) is 17.0. The molecule has 42 heavy (non-hydrogen) atoms. The lowest BCUT2D eigenvalue weighted by molar-refractivity contribution is -0.118. The summed E-state index contributed by atoms with van der Waals surface area (Å²) in [7, 11) is 0. The standard InChI is InChI=1S/C33H32BrN3O5/c1-19-10-11-23(14-20(19)2)37-29(38)26-9-7-6-8-25(26)27(30(37)39)18-35-28-12-13-36(31(28)40)24-16-21(15-22(34)17-24)32(41)42-33(3,4)5/h6-11,14-18,28,39H,12-13H2,1-5H3. The van der Waals surface area contributed by atoms with Gasteiger partial charge in [0.15, 0.2) is 0 Å². The number of benzene rings is 3. The molecule has 1 aliphatic heterocycles. The van der Waals surface area contributed by atoms with Crippen LogP contribution in [0.1, 0.15) is 54.2 Å². The molecule has 0 aliphatic carbocycles. The molecular formula is C33H32BrN3O5. The summed E-state index contributed by atoms with van der Waals surface area (Å²) in [4.78, 5) is 45.8. The van der Waals surface area contributed by atoms with Gasteiger partial charge in [0.1, 0.15) is 11.6 Å². The Morgan fingerprint density at radius 3 is 2.40 bits per heavy atom. The maximum atomic E-state index is 13.5. The van der Waals surface area contributed by atoms with Crippen LogP contribution in [-0.4, -0.2) is 46.0 Å². The van der Waals surface area contributed by atoms with E-state index in [1.54, 1.807) is 74.2 Å². The summed E-state index contributed by atoms with van der Waals surface area (Å²) < 4.78 is 7.43. The molecule has 5 rings (SSSR count). The van der Waals surface area contributed by atoms with E-state index >= 15 is 0 Å². The van der Waals surface area contributed by atoms with Gasteiger partial charge < -0.3 is 14.7 Å². The monoisotopic (exact) mass is 629 g/mol. The van der Waals surface area contributed by atoms with E-state index in [1.165, 1.54) is 10.8 Å². The van der Waals surface area contributed by atoms with E-state index in [-0.39, 0.29) is 17.3 Å². The summed E-state index contributed by atoms with van der Waals surface area (Å²) in [5, 5.41) is 12.3. The van der Waals surface area contributed by atoms with Crippen molar-refractivity contribution < 1.29 is 19.4 Å². The fraction of sp³-hybridized carbons (Fsp3) is 0.273. The first-order valence-electron chi connectivity index (χ1n) is 13.7. The Labute approximate surface area is 252 Å². The van der Waals surface area contributed by atoms with Crippen molar-refractivity contribution >= 4 is 50.5 Å². The number of ether oxygens (including phenoxy) is 1. The van der Waals surface area contributed by atoms with Gasteiger partial charge in [0.2, 0.25) is 5.88 Å². The van der Waals surface area contributed by atoms with Crippen molar-refractivity contribution in [1.82, 2.24) is 4.57 Å². The third-order valence-corrected chi connectivity index (χ3v) is 7.70. The largest absolute Gasteiger partial charge is 0.494 e. The van der Waals surface area contributed by atoms with Crippen molar-refractivity contribution in [2.75, 3.05) is 11.4 Å². The van der Waals surface area contributed by atoms with Crippen LogP contribution >= 0.6 is 15.9 Å². The highest BCUT2D eigenvalue weighted by Gasteiger charge is 2.33. The van der Waals surface area contributed by atoms with Crippen LogP contribution < -0.4 is 10.5 Å². The van der Waals surface area contributed by atoms with E-state index in [0.717, 1.165) is 11.1 Å². The number of carbonyl (C=O) groups is 2. The van der Waals surface area contributed by atoms with Crippen molar-refractivity contribution in [2.24, 2.45) is 4.99 Å². The Bertz CT molecular complexity index is 1820. The molecule has 8 nitrogen and oxygen atoms in total. The molecule has 1 unspecified atom stereocenters. The zero-order chi connectivity index (χ0) is 30.3. The first kappa shape index (κ1) is 29.3. The van der Waals surface area contributed by atoms with Crippen LogP contribution in [0.3, 0.4) is 0 Å². The molecule has 1 fully saturated rings. The third kappa shape index (κ3) is 5.74. The minimum absolute atomic E-state index is 0.231. The molecule has 0 radical (unpaired) electrons. The Hall–Kier alpha value is -4.24. The molecule has 1 N–H and O–H groups in total. The third-order valence-electron chi connectivity index (χ3n) is 7.24. The molecule has 0 bridgehead atoms. The Morgan fingerprint density at radius 2 is 1.71 bits per heavy atom. The highest BCUT2D eigenvalue weighted by molar-refractivity contribution is 9.10. The topological polar surface area (TPSA) is 101 Å². The van der Waals surface area contributed by atoms with E-state index in [1.807, 2.05) is 26.0 Å². The second-order valence-corrected chi connectivity index (χ2v) is 12.4. The van der Waals surface area contributed by atoms with E-state index in [2.05, 4.69) is 20.9 Å². The number of hydrogen-bond acceptors (Lipinski definition) is 6. The SMILES string of the molecule is Cc1ccc(-n2c(O)c(C=NC3CCN(c4cc(Br)cc(C(=O)OC(C)(C)C)c4)C3=O)c3ccccc3c2=O)cc1C. The number of hydrogen-bond donors (Lipinski definition) is 1. The summed E-state index contributed by atoms with van der Waals surface area (Å²) >= 11 is 3.44. The zero-order valence-electron chi connectivity index (χ0n) is 24.1. The van der Waals surface area contributed by atoms with Crippen LogP contribution in [0.25, 0.3) is 16.5 Å². The molecule has 4 aromatic rings. The molecule has 9 heteroatoms. The number of rotatable bonds is 5. The van der Waals surface area contributed by atoms with Gasteiger partial charge in [-0.1, -0.05) is 40.2 Å². The van der Waals surface area contributed by atoms with Gasteiger partial charge in [0.05, 0.1) is 16.8 Å². The summed E-state index contributed by atoms with van der Waals surface area (Å²) in [6.45, 7) is 9.72. The van der Waals surface area contributed by atoms with Gasteiger partial charge in [-0.05, 0) is 88.6 Å². The summed E-state index contributed by atoms with van der Waals surface area (Å²) in [6.07, 6.45) is 1.92. The van der Waals surface area contributed by atoms with Gasteiger partial charge in [-0.25, -0.2) is 9.36 Å². The quantitative estimate of drug-likeness (QED) is 0.207. The number of anilines is 1. The number of halogens is 1. The molecule has 0 spiro atoms. The number of carbonyl (C=O) groups excluding carboxylic acids is 2. The fourth-order valence-corrected chi connectivity index (χ4v) is 5.48. The van der Waals surface area contributed by atoms with Crippen LogP contribution in [-0.2, 0) is 9.53 Å². The smallest absolute Gasteiger partial charge is 0.338 e. The summed E-state index contributed by atoms with van der Waals surface area (Å²) in [5.74, 6) is -0.958. The average Bonchev–Trinajstić information content (AvgIpc) is 3.29. The second kappa shape index (κ2) is 11.2. The average molecular weight is 631 g/mol. The molecule has 2 heterocycles. The van der Waals surface area contributed by atoms with Gasteiger partial charge in [-0.15, -0.1) is 0 Å². The number of aromatic hydroxyl groups is 1. The van der Waals surface area contributed by atoms with E-state index in [4.69, 9.17) is 4.74 Å². The minimum atomic E-state index is -0.700. The lowest BCUT2D eigenvalue weighted by Crippen LogP contribution is -2.29. The van der Waals surface area contributed by atoms with Gasteiger partial charge >= 0.3 is 5.97 Å². The van der Waals surface area contributed by atoms with E-state index in [9.17, 15) is 19.5 Å². The Morgan fingerprint density at radius 1 is 1.00 bits per heavy atom. The predicted molar refractivity (Wildman–Crippen MR) is 168 cm³/mol. The molecule has 0 saturated carbocycles. The van der Waals surface area contributed by atoms with Gasteiger partial charge in [0.25, 0.3) is 11.5 Å². The number of aryl methyl sites for hydroxylation is 2. The zero-order valence-corrected chi connectivity index (χ0v) is 25.7. The van der Waals surface area contributed by atoms with Crippen molar-refractivity contribution in [3.05, 3.63) is 97.7 Å². The molecule has 216 valence electrons. The number of pyridine rings is 1. The molecular weight excluding hydrogens is 598 g/mol. The molecule has 1 aliphatic rings. The maximum Gasteiger partial charge on any atom is 0.338 e. The number of fused-ring (bicyclic) bond motifs is 1. The van der Waals surface area contributed by atoms with Gasteiger partial charge in [-0.2, -0.15) is 0 Å². The van der Waals surface area contributed by atoms with Crippen LogP contribution in [0, 0.1) is 13.8 Å². The highest BCUT2D eigenvalue weighted by atomic mass is 79.9. The van der Waals surface area contributed by atoms with Crippen LogP contribution in [0.2, 0.25) is 0 Å². The minimum Gasteiger partial charge on any atom is -0.494 e. The number of nitrogens with zero attached hydrogens (tertiary/aromatic N) is 3. The maximum absolute atomic E-state index is 13.5. The lowest BCUT2D eigenvalue weighted by Gasteiger charge is -2.21. The number of aromatic nitrogens is 1. The predicted octanol–water partition coefficient (Wildman–Crippen LogP) is 6.26. The lowest BCUT2D eigenvalue weighted by atomic mass is 10.1. The molecule has 1 amide bonds. The van der Waals surface area contributed by atoms with Crippen molar-refractivity contribution in [3.63, 3.8) is 0 Å². The van der Waals surface area contributed by atoms with Crippen molar-refractivity contribution in [3.8, 4) is 11.6 Å². The highest BCUT2D eigenvalue weighted by Crippen LogP contribution is 2.30. The first-order chi connectivity index (χ1) is 19.8. The number of aliphatic imine (C=N–C) groups is 1. The second-order valence-electron chi connectivity index (χ2n) is 11.5. The van der Waals surface area contributed by atoms with E-state index < -0.39 is 17.6 Å². The fourth-order valence-electron chi connectivity index (χ4n) is 5.00. The number of amides is 1. The molecule has 1 atom stereocenters. The molecule has 3 aromatic carbocycles. The summed E-state index contributed by atoms with van der Waals surface area (Å²) in [5.41, 5.74) is 2.84. The number of esters is 1. The Kier molecular flexibility index (Phi) is 7.81. The van der Waals surface area contributed by atoms with E-state index in [0.29, 0.717) is 50.7 Å². The van der Waals surface area contributed by atoms with Crippen LogP contribution in [0.4, 0.5) is 5.69 Å². The normalized spacial score (nSPS) is 15.6.